The van der Waals surface area contributed by atoms with Gasteiger partial charge in [0, 0.05) is 0 Å². The molecule has 0 spiro atoms. The molecule has 2 heteroatoms. The van der Waals surface area contributed by atoms with Crippen LogP contribution in [0.2, 0.25) is 0 Å². The molecule has 1 fully saturated rings. The highest BCUT2D eigenvalue weighted by Crippen LogP contribution is 2.22. The van der Waals surface area contributed by atoms with Crippen molar-refractivity contribution < 1.29 is 4.48 Å². The normalized spacial score (nSPS) is 40.5. The van der Waals surface area contributed by atoms with Gasteiger partial charge in [-0.25, -0.2) is 0 Å². The first kappa shape index (κ1) is 8.02. The van der Waals surface area contributed by atoms with E-state index in [4.69, 9.17) is 0 Å². The molecule has 60 valence electrons. The standard InChI is InChI=1S/C8H19N2/c1-7-8(2)10(4,5)6-9(7)3/h7-8H,6H2,1-5H3/q+1. The van der Waals surface area contributed by atoms with Gasteiger partial charge in [-0.2, -0.15) is 0 Å². The minimum atomic E-state index is 0.731. The van der Waals surface area contributed by atoms with Crippen LogP contribution in [-0.4, -0.2) is 49.3 Å². The zero-order chi connectivity index (χ0) is 7.94. The Morgan fingerprint density at radius 1 is 1.30 bits per heavy atom. The van der Waals surface area contributed by atoms with Crippen LogP contribution in [0.1, 0.15) is 13.8 Å². The van der Waals surface area contributed by atoms with Crippen LogP contribution in [0.5, 0.6) is 0 Å². The van der Waals surface area contributed by atoms with E-state index in [1.54, 1.807) is 0 Å². The summed E-state index contributed by atoms with van der Waals surface area (Å²) in [5, 5.41) is 0. The fourth-order valence-corrected chi connectivity index (χ4v) is 1.78. The van der Waals surface area contributed by atoms with Crippen LogP contribution >= 0.6 is 0 Å². The van der Waals surface area contributed by atoms with Crippen molar-refractivity contribution in [1.29, 1.82) is 0 Å². The topological polar surface area (TPSA) is 3.24 Å². The Balaban J connectivity index is 2.71. The lowest BCUT2D eigenvalue weighted by Gasteiger charge is -2.28. The van der Waals surface area contributed by atoms with Crippen molar-refractivity contribution >= 4 is 0 Å². The molecule has 1 rings (SSSR count). The number of hydrogen-bond donors (Lipinski definition) is 0. The summed E-state index contributed by atoms with van der Waals surface area (Å²) in [6, 6.07) is 1.50. The van der Waals surface area contributed by atoms with E-state index in [0.29, 0.717) is 0 Å². The summed E-state index contributed by atoms with van der Waals surface area (Å²) < 4.78 is 1.14. The molecule has 0 saturated carbocycles. The van der Waals surface area contributed by atoms with Crippen molar-refractivity contribution in [1.82, 2.24) is 4.90 Å². The molecule has 10 heavy (non-hydrogen) atoms. The Kier molecular flexibility index (Phi) is 1.77. The molecular formula is C8H19N2+. The fourth-order valence-electron chi connectivity index (χ4n) is 1.78. The first-order valence-corrected chi connectivity index (χ1v) is 3.98. The number of nitrogens with zero attached hydrogens (tertiary/aromatic N) is 2. The van der Waals surface area contributed by atoms with E-state index in [-0.39, 0.29) is 0 Å². The summed E-state index contributed by atoms with van der Waals surface area (Å²) in [6.45, 7) is 5.81. The predicted molar refractivity (Wildman–Crippen MR) is 43.7 cm³/mol. The molecule has 2 nitrogen and oxygen atoms in total. The molecule has 1 aliphatic heterocycles. The van der Waals surface area contributed by atoms with Crippen LogP contribution in [0.25, 0.3) is 0 Å². The molecule has 0 amide bonds. The van der Waals surface area contributed by atoms with Gasteiger partial charge in [-0.15, -0.1) is 0 Å². The summed E-state index contributed by atoms with van der Waals surface area (Å²) in [5.41, 5.74) is 0. The summed E-state index contributed by atoms with van der Waals surface area (Å²) in [6.07, 6.45) is 0. The van der Waals surface area contributed by atoms with Gasteiger partial charge in [0.2, 0.25) is 0 Å². The molecule has 0 aromatic heterocycles. The quantitative estimate of drug-likeness (QED) is 0.452. The molecule has 1 saturated heterocycles. The van der Waals surface area contributed by atoms with E-state index in [0.717, 1.165) is 16.6 Å². The molecule has 2 atom stereocenters. The maximum atomic E-state index is 2.42. The fraction of sp³-hybridized carbons (Fsp3) is 1.00. The highest BCUT2D eigenvalue weighted by Gasteiger charge is 2.39. The van der Waals surface area contributed by atoms with Crippen LogP contribution in [0.15, 0.2) is 0 Å². The smallest absolute Gasteiger partial charge is 0.135 e. The van der Waals surface area contributed by atoms with E-state index in [1.165, 1.54) is 6.67 Å². The molecule has 1 heterocycles. The largest absolute Gasteiger partial charge is 0.312 e. The third-order valence-corrected chi connectivity index (χ3v) is 3.08. The molecule has 0 aromatic rings. The zero-order valence-corrected chi connectivity index (χ0v) is 7.76. The lowest BCUT2D eigenvalue weighted by molar-refractivity contribution is -0.904. The molecule has 0 N–H and O–H groups in total. The van der Waals surface area contributed by atoms with Gasteiger partial charge in [0.15, 0.2) is 0 Å². The van der Waals surface area contributed by atoms with Crippen molar-refractivity contribution in [3.63, 3.8) is 0 Å². The van der Waals surface area contributed by atoms with Crippen LogP contribution in [0, 0.1) is 0 Å². The summed E-state index contributed by atoms with van der Waals surface area (Å²) in [4.78, 5) is 2.42. The van der Waals surface area contributed by atoms with Crippen LogP contribution in [-0.2, 0) is 0 Å². The Labute approximate surface area is 64.0 Å². The lowest BCUT2D eigenvalue weighted by Crippen LogP contribution is -2.44. The van der Waals surface area contributed by atoms with Crippen LogP contribution in [0.4, 0.5) is 0 Å². The SMILES string of the molecule is CC1C(C)[N+](C)(C)CN1C. The van der Waals surface area contributed by atoms with E-state index in [9.17, 15) is 0 Å². The van der Waals surface area contributed by atoms with Crippen molar-refractivity contribution in [2.75, 3.05) is 27.8 Å². The van der Waals surface area contributed by atoms with E-state index < -0.39 is 0 Å². The monoisotopic (exact) mass is 143 g/mol. The Morgan fingerprint density at radius 3 is 1.90 bits per heavy atom. The van der Waals surface area contributed by atoms with Gasteiger partial charge in [0.05, 0.1) is 20.1 Å². The van der Waals surface area contributed by atoms with Gasteiger partial charge in [-0.1, -0.05) is 0 Å². The maximum absolute atomic E-state index is 2.42. The van der Waals surface area contributed by atoms with Crippen LogP contribution < -0.4 is 0 Å². The van der Waals surface area contributed by atoms with E-state index >= 15 is 0 Å². The Hall–Kier alpha value is -0.0800. The van der Waals surface area contributed by atoms with Gasteiger partial charge < -0.3 is 4.48 Å². The second-order valence-corrected chi connectivity index (χ2v) is 4.16. The second kappa shape index (κ2) is 2.21. The number of hydrogen-bond acceptors (Lipinski definition) is 1. The van der Waals surface area contributed by atoms with Gasteiger partial charge in [-0.3, -0.25) is 4.90 Å². The van der Waals surface area contributed by atoms with Crippen LogP contribution in [0.3, 0.4) is 0 Å². The average Bonchev–Trinajstić information content (AvgIpc) is 1.95. The predicted octanol–water partition coefficient (Wildman–Crippen LogP) is 0.743. The second-order valence-electron chi connectivity index (χ2n) is 4.16. The van der Waals surface area contributed by atoms with Gasteiger partial charge in [-0.05, 0) is 20.9 Å². The molecule has 0 radical (unpaired) electrons. The van der Waals surface area contributed by atoms with Gasteiger partial charge in [0.1, 0.15) is 12.7 Å². The summed E-state index contributed by atoms with van der Waals surface area (Å²) >= 11 is 0. The summed E-state index contributed by atoms with van der Waals surface area (Å²) in [7, 11) is 6.80. The minimum absolute atomic E-state index is 0.731. The van der Waals surface area contributed by atoms with E-state index in [2.05, 4.69) is 39.9 Å². The molecule has 2 unspecified atom stereocenters. The minimum Gasteiger partial charge on any atom is -0.312 e. The number of likely N-dealkylation sites (N-methyl/N-ethyl adjacent to an activating group) is 2. The van der Waals surface area contributed by atoms with Gasteiger partial charge in [0.25, 0.3) is 0 Å². The summed E-state index contributed by atoms with van der Waals surface area (Å²) in [5.74, 6) is 0. The number of quaternary nitrogens is 1. The van der Waals surface area contributed by atoms with Crippen molar-refractivity contribution in [3.8, 4) is 0 Å². The van der Waals surface area contributed by atoms with Crippen molar-refractivity contribution in [3.05, 3.63) is 0 Å². The van der Waals surface area contributed by atoms with Crippen molar-refractivity contribution in [2.24, 2.45) is 0 Å². The Bertz CT molecular complexity index is 131. The highest BCUT2D eigenvalue weighted by molar-refractivity contribution is 4.74. The van der Waals surface area contributed by atoms with E-state index in [1.807, 2.05) is 0 Å². The first-order valence-electron chi connectivity index (χ1n) is 3.98. The first-order chi connectivity index (χ1) is 4.45. The molecule has 0 aliphatic carbocycles. The molecular weight excluding hydrogens is 124 g/mol. The highest BCUT2D eigenvalue weighted by atomic mass is 15.5. The van der Waals surface area contributed by atoms with Gasteiger partial charge >= 0.3 is 0 Å². The molecule has 0 bridgehead atoms. The van der Waals surface area contributed by atoms with Crippen molar-refractivity contribution in [2.45, 2.75) is 25.9 Å². The third-order valence-electron chi connectivity index (χ3n) is 3.08. The lowest BCUT2D eigenvalue weighted by atomic mass is 10.1. The molecule has 0 aromatic carbocycles. The zero-order valence-electron chi connectivity index (χ0n) is 7.76. The molecule has 1 aliphatic rings. The maximum Gasteiger partial charge on any atom is 0.135 e. The average molecular weight is 143 g/mol. The Morgan fingerprint density at radius 2 is 1.80 bits per heavy atom. The number of rotatable bonds is 0. The third kappa shape index (κ3) is 1.06.